The Kier molecular flexibility index (Phi) is 6.72. The number of aliphatic imine (C=N–C) groups is 1. The molecule has 1 amide bonds. The molecule has 7 heteroatoms. The van der Waals surface area contributed by atoms with E-state index in [0.29, 0.717) is 25.6 Å². The van der Waals surface area contributed by atoms with Crippen molar-refractivity contribution in [1.29, 1.82) is 0 Å². The second-order valence-electron chi connectivity index (χ2n) is 5.76. The molecule has 1 aromatic carbocycles. The van der Waals surface area contributed by atoms with Crippen LogP contribution in [0.2, 0.25) is 0 Å². The van der Waals surface area contributed by atoms with E-state index in [4.69, 9.17) is 9.47 Å². The average molecular weight is 334 g/mol. The predicted octanol–water partition coefficient (Wildman–Crippen LogP) is 1.24. The molecule has 0 atom stereocenters. The summed E-state index contributed by atoms with van der Waals surface area (Å²) in [7, 11) is 0. The Bertz CT molecular complexity index is 587. The minimum absolute atomic E-state index is 0.00193. The monoisotopic (exact) mass is 334 g/mol. The van der Waals surface area contributed by atoms with Crippen LogP contribution in [-0.2, 0) is 11.3 Å². The minimum Gasteiger partial charge on any atom is -0.454 e. The first-order chi connectivity index (χ1) is 11.6. The SMILES string of the molecule is CCNC(=NCc1ccc2c(c1)OCO2)NCCNC(=O)C(C)C. The van der Waals surface area contributed by atoms with Crippen molar-refractivity contribution in [1.82, 2.24) is 16.0 Å². The van der Waals surface area contributed by atoms with E-state index in [1.54, 1.807) is 0 Å². The van der Waals surface area contributed by atoms with Gasteiger partial charge in [0.25, 0.3) is 0 Å². The highest BCUT2D eigenvalue weighted by Gasteiger charge is 2.13. The number of hydrogen-bond donors (Lipinski definition) is 3. The summed E-state index contributed by atoms with van der Waals surface area (Å²) in [5.41, 5.74) is 1.05. The van der Waals surface area contributed by atoms with E-state index in [-0.39, 0.29) is 18.6 Å². The lowest BCUT2D eigenvalue weighted by Crippen LogP contribution is -2.42. The van der Waals surface area contributed by atoms with E-state index in [1.165, 1.54) is 0 Å². The van der Waals surface area contributed by atoms with Gasteiger partial charge in [0.2, 0.25) is 12.7 Å². The molecule has 24 heavy (non-hydrogen) atoms. The van der Waals surface area contributed by atoms with Gasteiger partial charge in [0.1, 0.15) is 0 Å². The van der Waals surface area contributed by atoms with Crippen LogP contribution < -0.4 is 25.4 Å². The fourth-order valence-corrected chi connectivity index (χ4v) is 2.12. The summed E-state index contributed by atoms with van der Waals surface area (Å²) in [6.45, 7) is 8.51. The number of amides is 1. The summed E-state index contributed by atoms with van der Waals surface area (Å²) < 4.78 is 10.7. The Hall–Kier alpha value is -2.44. The topological polar surface area (TPSA) is 84.0 Å². The van der Waals surface area contributed by atoms with Crippen molar-refractivity contribution in [3.05, 3.63) is 23.8 Å². The zero-order chi connectivity index (χ0) is 17.4. The average Bonchev–Trinajstić information content (AvgIpc) is 3.03. The second kappa shape index (κ2) is 9.00. The molecule has 0 saturated heterocycles. The third-order valence-electron chi connectivity index (χ3n) is 3.44. The quantitative estimate of drug-likeness (QED) is 0.397. The molecule has 132 valence electrons. The summed E-state index contributed by atoms with van der Waals surface area (Å²) in [4.78, 5) is 16.1. The summed E-state index contributed by atoms with van der Waals surface area (Å²) in [6.07, 6.45) is 0. The van der Waals surface area contributed by atoms with E-state index in [9.17, 15) is 4.79 Å². The van der Waals surface area contributed by atoms with E-state index in [2.05, 4.69) is 20.9 Å². The molecule has 0 spiro atoms. The Morgan fingerprint density at radius 1 is 1.17 bits per heavy atom. The van der Waals surface area contributed by atoms with Crippen molar-refractivity contribution in [3.63, 3.8) is 0 Å². The van der Waals surface area contributed by atoms with Crippen LogP contribution in [0.4, 0.5) is 0 Å². The number of benzene rings is 1. The number of hydrogen-bond acceptors (Lipinski definition) is 4. The van der Waals surface area contributed by atoms with Gasteiger partial charge in [-0.15, -0.1) is 0 Å². The van der Waals surface area contributed by atoms with Crippen molar-refractivity contribution in [2.45, 2.75) is 27.3 Å². The van der Waals surface area contributed by atoms with Crippen LogP contribution in [-0.4, -0.2) is 38.3 Å². The highest BCUT2D eigenvalue weighted by atomic mass is 16.7. The summed E-state index contributed by atoms with van der Waals surface area (Å²) in [5.74, 6) is 2.30. The van der Waals surface area contributed by atoms with E-state index in [0.717, 1.165) is 23.6 Å². The van der Waals surface area contributed by atoms with Crippen molar-refractivity contribution in [3.8, 4) is 11.5 Å². The summed E-state index contributed by atoms with van der Waals surface area (Å²) in [6, 6.07) is 5.82. The third-order valence-corrected chi connectivity index (χ3v) is 3.44. The van der Waals surface area contributed by atoms with Gasteiger partial charge in [-0.05, 0) is 24.6 Å². The van der Waals surface area contributed by atoms with Crippen molar-refractivity contribution in [2.24, 2.45) is 10.9 Å². The number of guanidine groups is 1. The zero-order valence-electron chi connectivity index (χ0n) is 14.5. The molecule has 0 saturated carbocycles. The van der Waals surface area contributed by atoms with E-state index in [1.807, 2.05) is 39.0 Å². The van der Waals surface area contributed by atoms with Crippen LogP contribution in [0.25, 0.3) is 0 Å². The molecule has 1 aromatic rings. The van der Waals surface area contributed by atoms with Crippen LogP contribution in [0.5, 0.6) is 11.5 Å². The Labute approximate surface area is 142 Å². The fourth-order valence-electron chi connectivity index (χ4n) is 2.12. The van der Waals surface area contributed by atoms with Crippen LogP contribution >= 0.6 is 0 Å². The highest BCUT2D eigenvalue weighted by molar-refractivity contribution is 5.80. The first kappa shape index (κ1) is 17.9. The zero-order valence-corrected chi connectivity index (χ0v) is 14.5. The van der Waals surface area contributed by atoms with Gasteiger partial charge in [-0.1, -0.05) is 19.9 Å². The van der Waals surface area contributed by atoms with Gasteiger partial charge >= 0.3 is 0 Å². The molecule has 0 radical (unpaired) electrons. The number of carbonyl (C=O) groups is 1. The number of fused-ring (bicyclic) bond motifs is 1. The standard InChI is InChI=1S/C17H26N4O3/c1-4-18-17(20-8-7-19-16(22)12(2)3)21-10-13-5-6-14-15(9-13)24-11-23-14/h5-6,9,12H,4,7-8,10-11H2,1-3H3,(H,19,22)(H2,18,20,21). The lowest BCUT2D eigenvalue weighted by molar-refractivity contribution is -0.123. The maximum atomic E-state index is 11.5. The summed E-state index contributed by atoms with van der Waals surface area (Å²) in [5, 5.41) is 9.26. The smallest absolute Gasteiger partial charge is 0.231 e. The van der Waals surface area contributed by atoms with Crippen LogP contribution in [0.1, 0.15) is 26.3 Å². The maximum Gasteiger partial charge on any atom is 0.231 e. The molecule has 3 N–H and O–H groups in total. The lowest BCUT2D eigenvalue weighted by Gasteiger charge is -2.12. The minimum atomic E-state index is -0.00193. The molecule has 2 rings (SSSR count). The van der Waals surface area contributed by atoms with Gasteiger partial charge in [0, 0.05) is 25.6 Å². The van der Waals surface area contributed by atoms with Gasteiger partial charge in [-0.25, -0.2) is 4.99 Å². The molecule has 0 fully saturated rings. The number of nitrogens with zero attached hydrogens (tertiary/aromatic N) is 1. The number of nitrogens with one attached hydrogen (secondary N) is 3. The first-order valence-electron chi connectivity index (χ1n) is 8.28. The molecule has 0 aliphatic carbocycles. The van der Waals surface area contributed by atoms with Crippen LogP contribution in [0.15, 0.2) is 23.2 Å². The normalized spacial score (nSPS) is 13.1. The van der Waals surface area contributed by atoms with Crippen LogP contribution in [0.3, 0.4) is 0 Å². The van der Waals surface area contributed by atoms with Crippen molar-refractivity contribution < 1.29 is 14.3 Å². The molecule has 0 aromatic heterocycles. The van der Waals surface area contributed by atoms with Gasteiger partial charge in [-0.2, -0.15) is 0 Å². The number of carbonyl (C=O) groups excluding carboxylic acids is 1. The molecule has 7 nitrogen and oxygen atoms in total. The molecule has 1 heterocycles. The molecule has 1 aliphatic heterocycles. The predicted molar refractivity (Wildman–Crippen MR) is 93.2 cm³/mol. The highest BCUT2D eigenvalue weighted by Crippen LogP contribution is 2.32. The molecule has 0 unspecified atom stereocenters. The Morgan fingerprint density at radius 3 is 2.67 bits per heavy atom. The third kappa shape index (κ3) is 5.33. The largest absolute Gasteiger partial charge is 0.454 e. The van der Waals surface area contributed by atoms with Gasteiger partial charge in [0.15, 0.2) is 17.5 Å². The number of rotatable bonds is 7. The molecule has 1 aliphatic rings. The molecule has 0 bridgehead atoms. The number of ether oxygens (including phenoxy) is 2. The Morgan fingerprint density at radius 2 is 1.92 bits per heavy atom. The van der Waals surface area contributed by atoms with E-state index < -0.39 is 0 Å². The molecular weight excluding hydrogens is 308 g/mol. The van der Waals surface area contributed by atoms with Crippen LogP contribution in [0, 0.1) is 5.92 Å². The first-order valence-corrected chi connectivity index (χ1v) is 8.28. The van der Waals surface area contributed by atoms with Gasteiger partial charge < -0.3 is 25.4 Å². The van der Waals surface area contributed by atoms with Gasteiger partial charge in [0.05, 0.1) is 6.54 Å². The summed E-state index contributed by atoms with van der Waals surface area (Å²) >= 11 is 0. The van der Waals surface area contributed by atoms with Crippen molar-refractivity contribution >= 4 is 11.9 Å². The lowest BCUT2D eigenvalue weighted by atomic mass is 10.2. The Balaban J connectivity index is 1.83. The second-order valence-corrected chi connectivity index (χ2v) is 5.76. The van der Waals surface area contributed by atoms with Crippen molar-refractivity contribution in [2.75, 3.05) is 26.4 Å². The maximum absolute atomic E-state index is 11.5. The molecular formula is C17H26N4O3. The van der Waals surface area contributed by atoms with E-state index >= 15 is 0 Å². The fraction of sp³-hybridized carbons (Fsp3) is 0.529. The van der Waals surface area contributed by atoms with Gasteiger partial charge in [-0.3, -0.25) is 4.79 Å².